The van der Waals surface area contributed by atoms with E-state index in [1.165, 1.54) is 18.2 Å². The number of aromatic nitrogens is 1. The molecule has 8 heteroatoms. The standard InChI is InChI=1S/C33H35NO6S/c1-3-5-26(21-33(35)38-2)24-10-12-27(13-11-24)39-22-23-8-9-25-6-4-7-31-29(30(25)20-23)14-15-32(34-31)40-28-16-18-41(36,37)19-17-28/h8-15,20,26,28H,4,6-7,16-19,21-22H2,1-2H3/t26-/m0/s1. The molecule has 1 fully saturated rings. The van der Waals surface area contributed by atoms with Gasteiger partial charge in [-0.25, -0.2) is 13.4 Å². The molecule has 2 aromatic carbocycles. The van der Waals surface area contributed by atoms with E-state index in [0.717, 1.165) is 47.4 Å². The number of ether oxygens (including phenoxy) is 3. The first kappa shape index (κ1) is 28.7. The summed E-state index contributed by atoms with van der Waals surface area (Å²) in [6, 6.07) is 18.2. The van der Waals surface area contributed by atoms with Gasteiger partial charge in [0.15, 0.2) is 9.84 Å². The lowest BCUT2D eigenvalue weighted by molar-refractivity contribution is -0.140. The Morgan fingerprint density at radius 2 is 1.80 bits per heavy atom. The highest BCUT2D eigenvalue weighted by Gasteiger charge is 2.26. The molecule has 3 aromatic rings. The summed E-state index contributed by atoms with van der Waals surface area (Å²) in [5.41, 5.74) is 6.58. The Bertz CT molecular complexity index is 1560. The van der Waals surface area contributed by atoms with Crippen molar-refractivity contribution in [2.45, 2.75) is 64.1 Å². The molecule has 0 amide bonds. The van der Waals surface area contributed by atoms with Crippen molar-refractivity contribution >= 4 is 15.8 Å². The molecule has 2 heterocycles. The van der Waals surface area contributed by atoms with Crippen LogP contribution < -0.4 is 9.47 Å². The van der Waals surface area contributed by atoms with Crippen LogP contribution in [0.25, 0.3) is 11.1 Å². The highest BCUT2D eigenvalue weighted by molar-refractivity contribution is 7.91. The lowest BCUT2D eigenvalue weighted by Gasteiger charge is -2.23. The second-order valence-electron chi connectivity index (χ2n) is 10.5. The van der Waals surface area contributed by atoms with E-state index in [0.29, 0.717) is 25.3 Å². The lowest BCUT2D eigenvalue weighted by atomic mass is 9.96. The van der Waals surface area contributed by atoms with Gasteiger partial charge in [0.25, 0.3) is 0 Å². The maximum Gasteiger partial charge on any atom is 0.307 e. The van der Waals surface area contributed by atoms with Gasteiger partial charge in [-0.1, -0.05) is 30.2 Å². The van der Waals surface area contributed by atoms with E-state index in [1.54, 1.807) is 6.92 Å². The summed E-state index contributed by atoms with van der Waals surface area (Å²) in [6.07, 6.45) is 3.95. The summed E-state index contributed by atoms with van der Waals surface area (Å²) >= 11 is 0. The van der Waals surface area contributed by atoms with Crippen LogP contribution in [0.1, 0.15) is 60.9 Å². The summed E-state index contributed by atoms with van der Waals surface area (Å²) in [5.74, 6) is 7.13. The first-order chi connectivity index (χ1) is 19.8. The number of rotatable bonds is 8. The zero-order chi connectivity index (χ0) is 28.8. The predicted octanol–water partition coefficient (Wildman–Crippen LogP) is 5.44. The van der Waals surface area contributed by atoms with Crippen LogP contribution in [0.4, 0.5) is 0 Å². The molecule has 0 N–H and O–H groups in total. The summed E-state index contributed by atoms with van der Waals surface area (Å²) in [5, 5.41) is 0. The molecular weight excluding hydrogens is 538 g/mol. The highest BCUT2D eigenvalue weighted by Crippen LogP contribution is 2.34. The van der Waals surface area contributed by atoms with Gasteiger partial charge < -0.3 is 14.2 Å². The number of fused-ring (bicyclic) bond motifs is 3. The normalized spacial score (nSPS) is 16.6. The Morgan fingerprint density at radius 1 is 1.02 bits per heavy atom. The second-order valence-corrected chi connectivity index (χ2v) is 12.8. The van der Waals surface area contributed by atoms with Crippen molar-refractivity contribution in [2.75, 3.05) is 18.6 Å². The molecule has 0 radical (unpaired) electrons. The Labute approximate surface area is 242 Å². The minimum atomic E-state index is -2.93. The minimum Gasteiger partial charge on any atom is -0.489 e. The molecule has 1 aromatic heterocycles. The average Bonchev–Trinajstić information content (AvgIpc) is 3.15. The molecule has 41 heavy (non-hydrogen) atoms. The number of aryl methyl sites for hydroxylation is 2. The van der Waals surface area contributed by atoms with E-state index in [-0.39, 0.29) is 35.9 Å². The smallest absolute Gasteiger partial charge is 0.307 e. The van der Waals surface area contributed by atoms with Crippen LogP contribution in [0.5, 0.6) is 11.6 Å². The number of esters is 1. The third kappa shape index (κ3) is 7.28. The van der Waals surface area contributed by atoms with E-state index >= 15 is 0 Å². The summed E-state index contributed by atoms with van der Waals surface area (Å²) in [4.78, 5) is 16.6. The van der Waals surface area contributed by atoms with Crippen molar-refractivity contribution in [3.63, 3.8) is 0 Å². The quantitative estimate of drug-likeness (QED) is 0.262. The molecule has 5 rings (SSSR count). The highest BCUT2D eigenvalue weighted by atomic mass is 32.2. The van der Waals surface area contributed by atoms with Gasteiger partial charge in [-0.05, 0) is 85.5 Å². The van der Waals surface area contributed by atoms with Gasteiger partial charge in [0.2, 0.25) is 5.88 Å². The number of carbonyl (C=O) groups is 1. The van der Waals surface area contributed by atoms with Gasteiger partial charge >= 0.3 is 5.97 Å². The van der Waals surface area contributed by atoms with Crippen LogP contribution in [0.3, 0.4) is 0 Å². The number of methoxy groups -OCH3 is 1. The Kier molecular flexibility index (Phi) is 8.94. The number of pyridine rings is 1. The number of carbonyl (C=O) groups excluding carboxylic acids is 1. The fraction of sp³-hybridized carbons (Fsp3) is 0.394. The number of nitrogens with zero attached hydrogens (tertiary/aromatic N) is 1. The summed E-state index contributed by atoms with van der Waals surface area (Å²) in [7, 11) is -1.55. The van der Waals surface area contributed by atoms with Gasteiger partial charge in [-0.3, -0.25) is 4.79 Å². The van der Waals surface area contributed by atoms with Crippen molar-refractivity contribution < 1.29 is 27.4 Å². The van der Waals surface area contributed by atoms with Crippen molar-refractivity contribution in [2.24, 2.45) is 0 Å². The lowest BCUT2D eigenvalue weighted by Crippen LogP contribution is -2.30. The topological polar surface area (TPSA) is 91.8 Å². The van der Waals surface area contributed by atoms with Gasteiger partial charge in [0.05, 0.1) is 36.6 Å². The summed E-state index contributed by atoms with van der Waals surface area (Å²) in [6.45, 7) is 2.18. The average molecular weight is 574 g/mol. The van der Waals surface area contributed by atoms with Crippen LogP contribution in [0.2, 0.25) is 0 Å². The predicted molar refractivity (Wildman–Crippen MR) is 158 cm³/mol. The third-order valence-corrected chi connectivity index (χ3v) is 9.38. The zero-order valence-electron chi connectivity index (χ0n) is 23.5. The SMILES string of the molecule is CC#C[C@@H](CC(=O)OC)c1ccc(OCc2ccc3c(c2)-c2ccc(OC4CCS(=O)(=O)CC4)nc2CCC3)cc1. The number of hydrogen-bond donors (Lipinski definition) is 0. The molecule has 1 aliphatic carbocycles. The van der Waals surface area contributed by atoms with E-state index in [9.17, 15) is 13.2 Å². The maximum absolute atomic E-state index is 11.8. The van der Waals surface area contributed by atoms with E-state index in [1.807, 2.05) is 30.3 Å². The van der Waals surface area contributed by atoms with Crippen molar-refractivity contribution in [3.8, 4) is 34.6 Å². The minimum absolute atomic E-state index is 0.113. The van der Waals surface area contributed by atoms with Gasteiger partial charge in [-0.2, -0.15) is 0 Å². The Hall–Kier alpha value is -3.83. The molecule has 214 valence electrons. The second kappa shape index (κ2) is 12.8. The van der Waals surface area contributed by atoms with E-state index < -0.39 is 9.84 Å². The maximum atomic E-state index is 11.8. The first-order valence-corrected chi connectivity index (χ1v) is 15.9. The van der Waals surface area contributed by atoms with Crippen LogP contribution in [-0.4, -0.2) is 44.1 Å². The van der Waals surface area contributed by atoms with Crippen LogP contribution in [-0.2, 0) is 38.8 Å². The third-order valence-electron chi connectivity index (χ3n) is 7.67. The summed E-state index contributed by atoms with van der Waals surface area (Å²) < 4.78 is 40.5. The van der Waals surface area contributed by atoms with Crippen molar-refractivity contribution in [1.82, 2.24) is 4.98 Å². The molecule has 0 bridgehead atoms. The Morgan fingerprint density at radius 3 is 2.54 bits per heavy atom. The zero-order valence-corrected chi connectivity index (χ0v) is 24.3. The molecule has 7 nitrogen and oxygen atoms in total. The molecule has 0 unspecified atom stereocenters. The fourth-order valence-corrected chi connectivity index (χ4v) is 6.86. The molecule has 2 aliphatic rings. The van der Waals surface area contributed by atoms with Crippen molar-refractivity contribution in [1.29, 1.82) is 0 Å². The Balaban J connectivity index is 1.27. The monoisotopic (exact) mass is 573 g/mol. The largest absolute Gasteiger partial charge is 0.489 e. The molecule has 1 atom stereocenters. The van der Waals surface area contributed by atoms with Crippen molar-refractivity contribution in [3.05, 3.63) is 77.0 Å². The van der Waals surface area contributed by atoms with Crippen LogP contribution in [0.15, 0.2) is 54.6 Å². The number of sulfone groups is 1. The first-order valence-electron chi connectivity index (χ1n) is 14.0. The number of benzene rings is 2. The van der Waals surface area contributed by atoms with Gasteiger partial charge in [0, 0.05) is 11.6 Å². The van der Waals surface area contributed by atoms with E-state index in [4.69, 9.17) is 19.2 Å². The molecule has 1 saturated heterocycles. The number of hydrogen-bond acceptors (Lipinski definition) is 7. The fourth-order valence-electron chi connectivity index (χ4n) is 5.41. The van der Waals surface area contributed by atoms with Crippen LogP contribution in [0, 0.1) is 11.8 Å². The van der Waals surface area contributed by atoms with Crippen LogP contribution >= 0.6 is 0 Å². The van der Waals surface area contributed by atoms with Gasteiger partial charge in [0.1, 0.15) is 18.5 Å². The molecule has 0 spiro atoms. The molecule has 0 saturated carbocycles. The van der Waals surface area contributed by atoms with Gasteiger partial charge in [-0.15, -0.1) is 5.92 Å². The molecular formula is C33H35NO6S. The van der Waals surface area contributed by atoms with E-state index in [2.05, 4.69) is 36.1 Å². The molecule has 1 aliphatic heterocycles.